The molecule has 1 amide bonds. The summed E-state index contributed by atoms with van der Waals surface area (Å²) in [6, 6.07) is 0.796. The highest BCUT2D eigenvalue weighted by molar-refractivity contribution is 7.13. The van der Waals surface area contributed by atoms with E-state index in [1.807, 2.05) is 24.7 Å². The predicted octanol–water partition coefficient (Wildman–Crippen LogP) is 3.14. The minimum absolute atomic E-state index is 0.198. The van der Waals surface area contributed by atoms with E-state index in [-0.39, 0.29) is 5.91 Å². The van der Waals surface area contributed by atoms with Crippen LogP contribution in [0.15, 0.2) is 17.8 Å². The van der Waals surface area contributed by atoms with Crippen LogP contribution >= 0.6 is 11.3 Å². The van der Waals surface area contributed by atoms with Crippen molar-refractivity contribution in [1.82, 2.24) is 14.8 Å². The summed E-state index contributed by atoms with van der Waals surface area (Å²) in [7, 11) is 0. The Morgan fingerprint density at radius 2 is 2.29 bits per heavy atom. The van der Waals surface area contributed by atoms with Crippen molar-refractivity contribution in [1.29, 1.82) is 0 Å². The molecule has 0 aromatic carbocycles. The van der Waals surface area contributed by atoms with Gasteiger partial charge >= 0.3 is 0 Å². The maximum absolute atomic E-state index is 12.1. The Morgan fingerprint density at radius 1 is 1.48 bits per heavy atom. The first-order valence-corrected chi connectivity index (χ1v) is 8.07. The van der Waals surface area contributed by atoms with Crippen molar-refractivity contribution >= 4 is 28.1 Å². The topological polar surface area (TPSA) is 71.8 Å². The van der Waals surface area contributed by atoms with Gasteiger partial charge in [0, 0.05) is 17.6 Å². The van der Waals surface area contributed by atoms with Crippen molar-refractivity contribution in [3.63, 3.8) is 0 Å². The van der Waals surface area contributed by atoms with Gasteiger partial charge in [-0.05, 0) is 33.1 Å². The van der Waals surface area contributed by atoms with Crippen LogP contribution in [-0.2, 0) is 0 Å². The molecule has 0 unspecified atom stereocenters. The molecular weight excluding hydrogens is 286 g/mol. The molecule has 0 radical (unpaired) electrons. The first-order chi connectivity index (χ1) is 10.1. The Balaban J connectivity index is 1.62. The fraction of sp³-hybridized carbons (Fsp3) is 0.500. The number of anilines is 2. The molecule has 112 valence electrons. The monoisotopic (exact) mass is 305 g/mol. The minimum Gasteiger partial charge on any atom is -0.359 e. The molecule has 0 aliphatic heterocycles. The lowest BCUT2D eigenvalue weighted by Gasteiger charge is -2.25. The molecule has 2 heterocycles. The van der Waals surface area contributed by atoms with Crippen molar-refractivity contribution in [3.8, 4) is 0 Å². The SMILES string of the molecule is CC(C)Nc1nc(C(=O)Nc2cnn(C3CCC3)c2)cs1. The summed E-state index contributed by atoms with van der Waals surface area (Å²) in [6.45, 7) is 4.08. The normalized spacial score (nSPS) is 15.0. The Kier molecular flexibility index (Phi) is 3.92. The fourth-order valence-corrected chi connectivity index (χ4v) is 2.98. The van der Waals surface area contributed by atoms with Crippen LogP contribution in [0.5, 0.6) is 0 Å². The third-order valence-electron chi connectivity index (χ3n) is 3.46. The zero-order valence-corrected chi connectivity index (χ0v) is 13.0. The third-order valence-corrected chi connectivity index (χ3v) is 4.23. The zero-order valence-electron chi connectivity index (χ0n) is 12.2. The van der Waals surface area contributed by atoms with Crippen molar-refractivity contribution < 1.29 is 4.79 Å². The van der Waals surface area contributed by atoms with Crippen molar-refractivity contribution in [2.45, 2.75) is 45.2 Å². The highest BCUT2D eigenvalue weighted by atomic mass is 32.1. The number of carbonyl (C=O) groups excluding carboxylic acids is 1. The van der Waals surface area contributed by atoms with E-state index in [4.69, 9.17) is 0 Å². The molecular formula is C14H19N5OS. The third kappa shape index (κ3) is 3.24. The summed E-state index contributed by atoms with van der Waals surface area (Å²) >= 11 is 1.44. The van der Waals surface area contributed by atoms with E-state index >= 15 is 0 Å². The molecule has 1 fully saturated rings. The second-order valence-corrected chi connectivity index (χ2v) is 6.44. The van der Waals surface area contributed by atoms with Crippen LogP contribution in [0.25, 0.3) is 0 Å². The number of nitrogens with zero attached hydrogens (tertiary/aromatic N) is 3. The molecule has 2 aromatic rings. The summed E-state index contributed by atoms with van der Waals surface area (Å²) in [5.41, 5.74) is 1.15. The Morgan fingerprint density at radius 3 is 2.95 bits per heavy atom. The lowest BCUT2D eigenvalue weighted by atomic mass is 9.93. The smallest absolute Gasteiger partial charge is 0.275 e. The van der Waals surface area contributed by atoms with Crippen LogP contribution in [0.2, 0.25) is 0 Å². The number of nitrogens with one attached hydrogen (secondary N) is 2. The summed E-state index contributed by atoms with van der Waals surface area (Å²) < 4.78 is 1.94. The van der Waals surface area contributed by atoms with Gasteiger partial charge in [0.1, 0.15) is 5.69 Å². The molecule has 0 atom stereocenters. The number of aromatic nitrogens is 3. The number of hydrogen-bond acceptors (Lipinski definition) is 5. The highest BCUT2D eigenvalue weighted by Gasteiger charge is 2.20. The van der Waals surface area contributed by atoms with Gasteiger partial charge in [-0.15, -0.1) is 11.3 Å². The highest BCUT2D eigenvalue weighted by Crippen LogP contribution is 2.31. The average molecular weight is 305 g/mol. The van der Waals surface area contributed by atoms with E-state index < -0.39 is 0 Å². The van der Waals surface area contributed by atoms with E-state index in [1.165, 1.54) is 30.6 Å². The molecule has 3 rings (SSSR count). The number of amides is 1. The van der Waals surface area contributed by atoms with E-state index in [0.29, 0.717) is 17.8 Å². The summed E-state index contributed by atoms with van der Waals surface area (Å²) in [4.78, 5) is 16.4. The maximum atomic E-state index is 12.1. The van der Waals surface area contributed by atoms with Crippen LogP contribution in [0.4, 0.5) is 10.8 Å². The largest absolute Gasteiger partial charge is 0.359 e. The fourth-order valence-electron chi connectivity index (χ4n) is 2.14. The molecule has 2 aromatic heterocycles. The van der Waals surface area contributed by atoms with Gasteiger partial charge < -0.3 is 10.6 Å². The molecule has 2 N–H and O–H groups in total. The predicted molar refractivity (Wildman–Crippen MR) is 83.9 cm³/mol. The first kappa shape index (κ1) is 14.1. The van der Waals surface area contributed by atoms with Crippen LogP contribution in [0.3, 0.4) is 0 Å². The van der Waals surface area contributed by atoms with Gasteiger partial charge in [-0.2, -0.15) is 5.10 Å². The van der Waals surface area contributed by atoms with Crippen LogP contribution < -0.4 is 10.6 Å². The van der Waals surface area contributed by atoms with E-state index in [1.54, 1.807) is 11.6 Å². The molecule has 6 nitrogen and oxygen atoms in total. The molecule has 7 heteroatoms. The molecule has 0 spiro atoms. The van der Waals surface area contributed by atoms with E-state index in [2.05, 4.69) is 20.7 Å². The zero-order chi connectivity index (χ0) is 14.8. The van der Waals surface area contributed by atoms with Gasteiger partial charge in [-0.3, -0.25) is 9.48 Å². The Labute approximate surface area is 127 Å². The van der Waals surface area contributed by atoms with Crippen LogP contribution in [-0.4, -0.2) is 26.7 Å². The summed E-state index contributed by atoms with van der Waals surface area (Å²) in [5.74, 6) is -0.198. The summed E-state index contributed by atoms with van der Waals surface area (Å²) in [6.07, 6.45) is 7.19. The van der Waals surface area contributed by atoms with Gasteiger partial charge in [0.2, 0.25) is 0 Å². The quantitative estimate of drug-likeness (QED) is 0.890. The lowest BCUT2D eigenvalue weighted by molar-refractivity contribution is 0.102. The van der Waals surface area contributed by atoms with Gasteiger partial charge in [-0.25, -0.2) is 4.98 Å². The maximum Gasteiger partial charge on any atom is 0.275 e. The second-order valence-electron chi connectivity index (χ2n) is 5.58. The van der Waals surface area contributed by atoms with Crippen molar-refractivity contribution in [2.75, 3.05) is 10.6 Å². The van der Waals surface area contributed by atoms with Gasteiger partial charge in [0.15, 0.2) is 5.13 Å². The van der Waals surface area contributed by atoms with Crippen LogP contribution in [0.1, 0.15) is 49.6 Å². The van der Waals surface area contributed by atoms with E-state index in [9.17, 15) is 4.79 Å². The average Bonchev–Trinajstić information content (AvgIpc) is 2.96. The molecule has 1 aliphatic rings. The molecule has 1 saturated carbocycles. The lowest BCUT2D eigenvalue weighted by Crippen LogP contribution is -2.17. The second kappa shape index (κ2) is 5.85. The Bertz CT molecular complexity index is 629. The van der Waals surface area contributed by atoms with Gasteiger partial charge in [-0.1, -0.05) is 0 Å². The van der Waals surface area contributed by atoms with Gasteiger partial charge in [0.25, 0.3) is 5.91 Å². The molecule has 1 aliphatic carbocycles. The number of thiazole rings is 1. The minimum atomic E-state index is -0.198. The standard InChI is InChI=1S/C14H19N5OS/c1-9(2)16-14-18-12(8-21-14)13(20)17-10-6-15-19(7-10)11-4-3-5-11/h6-9,11H,3-5H2,1-2H3,(H,16,18)(H,17,20). The number of carbonyl (C=O) groups is 1. The Hall–Kier alpha value is -1.89. The summed E-state index contributed by atoms with van der Waals surface area (Å²) in [5, 5.41) is 12.9. The first-order valence-electron chi connectivity index (χ1n) is 7.19. The van der Waals surface area contributed by atoms with E-state index in [0.717, 1.165) is 10.8 Å². The van der Waals surface area contributed by atoms with Crippen molar-refractivity contribution in [2.24, 2.45) is 0 Å². The van der Waals surface area contributed by atoms with Crippen LogP contribution in [0, 0.1) is 0 Å². The van der Waals surface area contributed by atoms with Crippen molar-refractivity contribution in [3.05, 3.63) is 23.5 Å². The van der Waals surface area contributed by atoms with Gasteiger partial charge in [0.05, 0.1) is 17.9 Å². The number of rotatable bonds is 5. The molecule has 0 bridgehead atoms. The molecule has 0 saturated heterocycles. The molecule has 21 heavy (non-hydrogen) atoms. The number of hydrogen-bond donors (Lipinski definition) is 2.